The molecule has 3 nitrogen and oxygen atoms in total. The lowest BCUT2D eigenvalue weighted by Crippen LogP contribution is -1.46. The van der Waals surface area contributed by atoms with Gasteiger partial charge in [-0.2, -0.15) is 0 Å². The summed E-state index contributed by atoms with van der Waals surface area (Å²) >= 11 is 3.64. The Morgan fingerprint density at radius 1 is 1.60 bits per heavy atom. The van der Waals surface area contributed by atoms with E-state index in [-0.39, 0.29) is 0 Å². The van der Waals surface area contributed by atoms with Gasteiger partial charge >= 0.3 is 0 Å². The van der Waals surface area contributed by atoms with Crippen LogP contribution < -0.4 is 0 Å². The fraction of sp³-hybridized carbons (Fsp3) is 0. The molecule has 2 N–H and O–H groups in total. The molecule has 0 bridgehead atoms. The van der Waals surface area contributed by atoms with Gasteiger partial charge in [-0.05, 0) is 9.62 Å². The summed E-state index contributed by atoms with van der Waals surface area (Å²) in [6, 6.07) is 0. The lowest BCUT2D eigenvalue weighted by Gasteiger charge is -1.49. The van der Waals surface area contributed by atoms with E-state index in [0.29, 0.717) is 0 Å². The summed E-state index contributed by atoms with van der Waals surface area (Å²) in [6.45, 7) is 0. The molecule has 0 spiro atoms. The molecule has 0 atom stereocenters. The Hall–Kier alpha value is 0.1000. The fourth-order valence-corrected chi connectivity index (χ4v) is 0. The van der Waals surface area contributed by atoms with Crippen molar-refractivity contribution >= 4 is 11.9 Å². The molecular weight excluding hydrogens is 102 g/mol. The van der Waals surface area contributed by atoms with Gasteiger partial charge in [0.15, 0.2) is 0 Å². The van der Waals surface area contributed by atoms with E-state index >= 15 is 0 Å². The van der Waals surface area contributed by atoms with Gasteiger partial charge in [-0.1, -0.05) is 0 Å². The Balaban J connectivity index is 0. The van der Waals surface area contributed by atoms with Crippen LogP contribution in [0.3, 0.4) is 0 Å². The molecule has 0 aromatic rings. The highest BCUT2D eigenvalue weighted by atomic mass is 35.5. The van der Waals surface area contributed by atoms with E-state index in [9.17, 15) is 4.53 Å². The molecule has 0 unspecified atom stereocenters. The third-order valence-electron chi connectivity index (χ3n) is 0. The maximum absolute atomic E-state index is 9.35. The first-order valence-electron chi connectivity index (χ1n) is 0.506. The van der Waals surface area contributed by atoms with Crippen LogP contribution in [0.4, 0.5) is 4.53 Å². The molecule has 0 aromatic carbocycles. The Kier molecular flexibility index (Phi) is 58.1. The average molecular weight is 104 g/mol. The highest BCUT2D eigenvalue weighted by Crippen LogP contribution is 1.46. The summed E-state index contributed by atoms with van der Waals surface area (Å²) in [6.07, 6.45) is 0. The molecule has 0 amide bonds. The van der Waals surface area contributed by atoms with Gasteiger partial charge < -0.3 is 0 Å². The van der Waals surface area contributed by atoms with Crippen molar-refractivity contribution in [1.82, 2.24) is 0 Å². The predicted octanol–water partition coefficient (Wildman–Crippen LogP) is 0.493. The summed E-state index contributed by atoms with van der Waals surface area (Å²) in [7, 11) is 0. The van der Waals surface area contributed by atoms with E-state index in [0.717, 1.165) is 0 Å². The van der Waals surface area contributed by atoms with Crippen LogP contribution in [0.25, 0.3) is 0 Å². The van der Waals surface area contributed by atoms with Gasteiger partial charge in [0.05, 0.1) is 11.9 Å². The van der Waals surface area contributed by atoms with Crippen molar-refractivity contribution in [2.24, 2.45) is 0 Å². The first-order valence-corrected chi connectivity index (χ1v) is 0.844. The van der Waals surface area contributed by atoms with Gasteiger partial charge in [-0.25, -0.2) is 5.26 Å². The second-order valence-corrected chi connectivity index (χ2v) is 0.0690. The molecule has 0 rings (SSSR count). The van der Waals surface area contributed by atoms with Crippen LogP contribution in [0.15, 0.2) is 0 Å². The smallest absolute Gasteiger partial charge is 0.0579 e. The lowest BCUT2D eigenvalue weighted by atomic mass is 14.9. The van der Waals surface area contributed by atoms with Crippen LogP contribution in [-0.4, -0.2) is 9.92 Å². The second-order valence-electron chi connectivity index (χ2n) is 0.0690. The molecule has 0 aliphatic carbocycles. The molecule has 34 valence electrons. The van der Waals surface area contributed by atoms with Crippen molar-refractivity contribution < 1.29 is 19.5 Å². The van der Waals surface area contributed by atoms with Crippen molar-refractivity contribution in [3.05, 3.63) is 0 Å². The number of hydrogen-bond donors (Lipinski definition) is 2. The zero-order valence-corrected chi connectivity index (χ0v) is 2.81. The minimum absolute atomic E-state index is 1.75. The van der Waals surface area contributed by atoms with Gasteiger partial charge in [0.25, 0.3) is 0 Å². The van der Waals surface area contributed by atoms with Gasteiger partial charge in [0.1, 0.15) is 0 Å². The summed E-state index contributed by atoms with van der Waals surface area (Å²) in [5, 5.41) is 8.15. The lowest BCUT2D eigenvalue weighted by molar-refractivity contribution is -0.397. The van der Waals surface area contributed by atoms with Gasteiger partial charge in [-0.3, -0.25) is 4.66 Å². The van der Waals surface area contributed by atoms with Crippen LogP contribution in [0.5, 0.6) is 0 Å². The number of hydrogen-bond acceptors (Lipinski definition) is 3. The summed E-state index contributed by atoms with van der Waals surface area (Å²) in [4.78, 5) is 0. The summed E-state index contributed by atoms with van der Waals surface area (Å²) in [5.74, 6) is 0. The second kappa shape index (κ2) is 32.6. The van der Waals surface area contributed by atoms with E-state index < -0.39 is 0 Å². The fourth-order valence-electron chi connectivity index (χ4n) is 0. The topological polar surface area (TPSA) is 49.7 Å². The standard InChI is InChI=1S/ClHO.FHO2/c1-2;1-3-2/h2H;2H. The van der Waals surface area contributed by atoms with Crippen molar-refractivity contribution in [3.63, 3.8) is 0 Å². The maximum atomic E-state index is 9.35. The highest BCUT2D eigenvalue weighted by molar-refractivity contribution is 6.04. The maximum Gasteiger partial charge on any atom is 0.0579 e. The average Bonchev–Trinajstić information content (AvgIpc) is 1.46. The zero-order chi connectivity index (χ0) is 4.71. The van der Waals surface area contributed by atoms with Gasteiger partial charge in [0.2, 0.25) is 0 Å². The van der Waals surface area contributed by atoms with E-state index in [1.807, 2.05) is 0 Å². The van der Waals surface area contributed by atoms with Crippen LogP contribution in [-0.2, 0) is 5.09 Å². The molecule has 5 heavy (non-hydrogen) atoms. The van der Waals surface area contributed by atoms with E-state index in [1.165, 1.54) is 0 Å². The zero-order valence-electron chi connectivity index (χ0n) is 2.06. The highest BCUT2D eigenvalue weighted by Gasteiger charge is 1.35. The van der Waals surface area contributed by atoms with Crippen molar-refractivity contribution in [1.29, 1.82) is 0 Å². The number of rotatable bonds is 0. The molecule has 0 saturated carbocycles. The Morgan fingerprint density at radius 2 is 1.60 bits per heavy atom. The van der Waals surface area contributed by atoms with E-state index in [2.05, 4.69) is 11.9 Å². The SMILES string of the molecule is OCl.OOF. The molecule has 0 aromatic heterocycles. The van der Waals surface area contributed by atoms with Crippen LogP contribution >= 0.6 is 11.9 Å². The van der Waals surface area contributed by atoms with E-state index in [1.54, 1.807) is 5.09 Å². The molecule has 0 radical (unpaired) electrons. The van der Waals surface area contributed by atoms with Crippen LogP contribution in [0.1, 0.15) is 0 Å². The summed E-state index contributed by atoms with van der Waals surface area (Å²) in [5.41, 5.74) is 0. The van der Waals surface area contributed by atoms with Gasteiger partial charge in [0, 0.05) is 0 Å². The number of halogens is 2. The summed E-state index contributed by atoms with van der Waals surface area (Å²) < 4.78 is 15.8. The normalized spacial score (nSPS) is 4.80. The minimum atomic E-state index is 1.75. The molecule has 5 heteroatoms. The molecular formula is H2ClFO3. The first kappa shape index (κ1) is 8.92. The predicted molar refractivity (Wildman–Crippen MR) is 12.9 cm³/mol. The van der Waals surface area contributed by atoms with Crippen LogP contribution in [0.2, 0.25) is 0 Å². The third kappa shape index (κ3) is 1810. The Bertz CT molecular complexity index is 6.85. The van der Waals surface area contributed by atoms with Crippen LogP contribution in [0, 0.1) is 0 Å². The monoisotopic (exact) mass is 104 g/mol. The molecule has 0 heterocycles. The molecule has 0 aliphatic heterocycles. The molecule has 0 aliphatic rings. The first-order chi connectivity index (χ1) is 2.41. The Morgan fingerprint density at radius 3 is 1.60 bits per heavy atom. The third-order valence-corrected chi connectivity index (χ3v) is 0. The minimum Gasteiger partial charge on any atom is -0.295 e. The Labute approximate surface area is 32.6 Å². The van der Waals surface area contributed by atoms with E-state index in [4.69, 9.17) is 9.92 Å². The molecule has 0 fully saturated rings. The molecule has 0 saturated heterocycles. The van der Waals surface area contributed by atoms with Crippen molar-refractivity contribution in [3.8, 4) is 0 Å². The van der Waals surface area contributed by atoms with Crippen molar-refractivity contribution in [2.45, 2.75) is 0 Å². The largest absolute Gasteiger partial charge is 0.295 e. The quantitative estimate of drug-likeness (QED) is 0.347. The van der Waals surface area contributed by atoms with Gasteiger partial charge in [-0.15, -0.1) is 0 Å². The van der Waals surface area contributed by atoms with Crippen molar-refractivity contribution in [2.75, 3.05) is 0 Å².